The summed E-state index contributed by atoms with van der Waals surface area (Å²) >= 11 is 0. The number of rotatable bonds is 4. The Morgan fingerprint density at radius 2 is 1.79 bits per heavy atom. The van der Waals surface area contributed by atoms with Gasteiger partial charge >= 0.3 is 0 Å². The lowest BCUT2D eigenvalue weighted by Gasteiger charge is -2.34. The van der Waals surface area contributed by atoms with Gasteiger partial charge in [0.25, 0.3) is 5.91 Å². The zero-order valence-electron chi connectivity index (χ0n) is 19.5. The van der Waals surface area contributed by atoms with Gasteiger partial charge in [-0.2, -0.15) is 0 Å². The second-order valence-corrected chi connectivity index (χ2v) is 9.43. The van der Waals surface area contributed by atoms with Crippen LogP contribution in [-0.4, -0.2) is 53.3 Å². The lowest BCUT2D eigenvalue weighted by atomic mass is 9.87. The van der Waals surface area contributed by atoms with Gasteiger partial charge in [0.05, 0.1) is 12.0 Å². The number of piperazine rings is 1. The third kappa shape index (κ3) is 3.93. The number of aryl methyl sites for hydroxylation is 1. The van der Waals surface area contributed by atoms with Crippen molar-refractivity contribution in [1.82, 2.24) is 9.80 Å². The van der Waals surface area contributed by atoms with Crippen LogP contribution in [0.15, 0.2) is 46.9 Å². The summed E-state index contributed by atoms with van der Waals surface area (Å²) in [7, 11) is 0. The maximum Gasteiger partial charge on any atom is 0.289 e. The predicted octanol–water partition coefficient (Wildman–Crippen LogP) is 4.83. The van der Waals surface area contributed by atoms with Gasteiger partial charge in [0.15, 0.2) is 11.5 Å². The maximum absolute atomic E-state index is 13.4. The van der Waals surface area contributed by atoms with E-state index in [4.69, 9.17) is 9.15 Å². The summed E-state index contributed by atoms with van der Waals surface area (Å²) in [4.78, 5) is 30.6. The highest BCUT2D eigenvalue weighted by Gasteiger charge is 2.38. The molecule has 3 heterocycles. The van der Waals surface area contributed by atoms with Crippen molar-refractivity contribution in [3.8, 4) is 5.75 Å². The fraction of sp³-hybridized carbons (Fsp3) is 0.407. The van der Waals surface area contributed by atoms with E-state index in [1.807, 2.05) is 37.8 Å². The number of amides is 1. The van der Waals surface area contributed by atoms with Gasteiger partial charge in [0, 0.05) is 43.7 Å². The van der Waals surface area contributed by atoms with Crippen molar-refractivity contribution in [3.63, 3.8) is 0 Å². The number of hydrogen-bond acceptors (Lipinski definition) is 5. The molecular weight excluding hydrogens is 416 g/mol. The third-order valence-electron chi connectivity index (χ3n) is 7.08. The number of ketones is 1. The highest BCUT2D eigenvalue weighted by Crippen LogP contribution is 2.41. The number of ether oxygens (including phenoxy) is 1. The van der Waals surface area contributed by atoms with Gasteiger partial charge in [-0.3, -0.25) is 14.5 Å². The second-order valence-electron chi connectivity index (χ2n) is 9.43. The molecule has 0 bridgehead atoms. The van der Waals surface area contributed by atoms with Crippen molar-refractivity contribution in [3.05, 3.63) is 64.9 Å². The van der Waals surface area contributed by atoms with Gasteiger partial charge in [-0.1, -0.05) is 37.3 Å². The Bertz CT molecular complexity index is 1210. The van der Waals surface area contributed by atoms with E-state index in [9.17, 15) is 9.59 Å². The summed E-state index contributed by atoms with van der Waals surface area (Å²) < 4.78 is 12.2. The predicted molar refractivity (Wildman–Crippen MR) is 127 cm³/mol. The number of carbonyl (C=O) groups is 2. The number of fused-ring (bicyclic) bond motifs is 3. The Morgan fingerprint density at radius 1 is 1.06 bits per heavy atom. The molecule has 33 heavy (non-hydrogen) atoms. The van der Waals surface area contributed by atoms with E-state index >= 15 is 0 Å². The highest BCUT2D eigenvalue weighted by molar-refractivity contribution is 6.13. The van der Waals surface area contributed by atoms with Crippen LogP contribution >= 0.6 is 0 Å². The van der Waals surface area contributed by atoms with E-state index in [0.717, 1.165) is 31.6 Å². The average Bonchev–Trinajstić information content (AvgIpc) is 3.16. The van der Waals surface area contributed by atoms with Crippen molar-refractivity contribution in [2.75, 3.05) is 26.2 Å². The summed E-state index contributed by atoms with van der Waals surface area (Å²) in [6.07, 6.45) is 1.08. The molecule has 1 unspecified atom stereocenters. The van der Waals surface area contributed by atoms with Crippen LogP contribution in [0.25, 0.3) is 11.0 Å². The number of furan rings is 1. The van der Waals surface area contributed by atoms with Crippen LogP contribution in [0.3, 0.4) is 0 Å². The van der Waals surface area contributed by atoms with Crippen LogP contribution < -0.4 is 4.74 Å². The number of Topliss-reactive ketones (excluding diaryl/α,β-unsaturated/α-hetero) is 1. The molecule has 0 spiro atoms. The normalized spacial score (nSPS) is 21.2. The summed E-state index contributed by atoms with van der Waals surface area (Å²) in [5, 5.41) is 0.710. The van der Waals surface area contributed by atoms with Gasteiger partial charge in [-0.05, 0) is 38.0 Å². The molecule has 1 amide bonds. The monoisotopic (exact) mass is 446 g/mol. The first-order chi connectivity index (χ1) is 15.9. The summed E-state index contributed by atoms with van der Waals surface area (Å²) in [5.74, 6) is 0.843. The molecule has 5 rings (SSSR count). The van der Waals surface area contributed by atoms with Crippen molar-refractivity contribution < 1.29 is 18.7 Å². The molecule has 3 aromatic rings. The SMILES string of the molecule is CCC1(C)CC(=O)c2c(ccc3oc(C(=O)N4CCN(Cc5ccccc5)CC4)c(C)c23)O1. The van der Waals surface area contributed by atoms with E-state index in [2.05, 4.69) is 29.2 Å². The van der Waals surface area contributed by atoms with E-state index < -0.39 is 5.60 Å². The number of benzene rings is 2. The quantitative estimate of drug-likeness (QED) is 0.574. The van der Waals surface area contributed by atoms with E-state index in [0.29, 0.717) is 47.6 Å². The minimum atomic E-state index is -0.493. The van der Waals surface area contributed by atoms with Crippen LogP contribution in [0.4, 0.5) is 0 Å². The minimum absolute atomic E-state index is 0.0450. The molecule has 2 aromatic carbocycles. The third-order valence-corrected chi connectivity index (χ3v) is 7.08. The molecule has 1 atom stereocenters. The fourth-order valence-corrected chi connectivity index (χ4v) is 4.91. The minimum Gasteiger partial charge on any atom is -0.486 e. The molecule has 172 valence electrons. The van der Waals surface area contributed by atoms with Crippen molar-refractivity contribution >= 4 is 22.7 Å². The molecule has 0 radical (unpaired) electrons. The molecule has 0 aliphatic carbocycles. The molecule has 2 aliphatic heterocycles. The standard InChI is InChI=1S/C27H30N2O4/c1-4-27(3)16-20(30)24-22(33-27)11-10-21-23(24)18(2)25(32-21)26(31)29-14-12-28(13-15-29)17-19-8-6-5-7-9-19/h5-11H,4,12-17H2,1-3H3. The zero-order valence-corrected chi connectivity index (χ0v) is 19.5. The van der Waals surface area contributed by atoms with Gasteiger partial charge in [0.1, 0.15) is 16.9 Å². The van der Waals surface area contributed by atoms with Gasteiger partial charge in [-0.25, -0.2) is 0 Å². The van der Waals surface area contributed by atoms with E-state index in [-0.39, 0.29) is 11.7 Å². The smallest absolute Gasteiger partial charge is 0.289 e. The van der Waals surface area contributed by atoms with Gasteiger partial charge in [-0.15, -0.1) is 0 Å². The zero-order chi connectivity index (χ0) is 23.2. The Kier molecular flexibility index (Phi) is 5.49. The Labute approximate surface area is 194 Å². The van der Waals surface area contributed by atoms with E-state index in [1.54, 1.807) is 6.07 Å². The van der Waals surface area contributed by atoms with Crippen molar-refractivity contribution in [2.45, 2.75) is 45.8 Å². The van der Waals surface area contributed by atoms with Gasteiger partial charge in [0.2, 0.25) is 0 Å². The van der Waals surface area contributed by atoms with Crippen molar-refractivity contribution in [2.24, 2.45) is 0 Å². The average molecular weight is 447 g/mol. The molecule has 1 aromatic heterocycles. The molecule has 1 fully saturated rings. The van der Waals surface area contributed by atoms with Crippen molar-refractivity contribution in [1.29, 1.82) is 0 Å². The molecule has 6 nitrogen and oxygen atoms in total. The highest BCUT2D eigenvalue weighted by atomic mass is 16.5. The van der Waals surface area contributed by atoms with Gasteiger partial charge < -0.3 is 14.1 Å². The molecule has 2 aliphatic rings. The van der Waals surface area contributed by atoms with Crippen LogP contribution in [0, 0.1) is 6.92 Å². The first-order valence-electron chi connectivity index (χ1n) is 11.7. The lowest BCUT2D eigenvalue weighted by molar-refractivity contribution is 0.0502. The van der Waals surface area contributed by atoms with Crippen LogP contribution in [0.5, 0.6) is 5.75 Å². The summed E-state index contributed by atoms with van der Waals surface area (Å²) in [5.41, 5.74) is 2.62. The molecule has 0 saturated carbocycles. The summed E-state index contributed by atoms with van der Waals surface area (Å²) in [6.45, 7) is 9.68. The molecule has 6 heteroatoms. The maximum atomic E-state index is 13.4. The van der Waals surface area contributed by atoms with E-state index in [1.165, 1.54) is 5.56 Å². The second kappa shape index (κ2) is 8.34. The van der Waals surface area contributed by atoms with Crippen LogP contribution in [0.2, 0.25) is 0 Å². The number of hydrogen-bond donors (Lipinski definition) is 0. The first-order valence-corrected chi connectivity index (χ1v) is 11.7. The molecule has 0 N–H and O–H groups in total. The number of carbonyl (C=O) groups excluding carboxylic acids is 2. The Balaban J connectivity index is 1.36. The first kappa shape index (κ1) is 21.7. The fourth-order valence-electron chi connectivity index (χ4n) is 4.91. The largest absolute Gasteiger partial charge is 0.486 e. The topological polar surface area (TPSA) is 63.0 Å². The Hall–Kier alpha value is -3.12. The summed E-state index contributed by atoms with van der Waals surface area (Å²) in [6, 6.07) is 14.0. The number of nitrogens with zero attached hydrogens (tertiary/aromatic N) is 2. The van der Waals surface area contributed by atoms with Crippen LogP contribution in [0.1, 0.15) is 58.7 Å². The van der Waals surface area contributed by atoms with Crippen LogP contribution in [-0.2, 0) is 6.54 Å². The molecular formula is C27H30N2O4. The Morgan fingerprint density at radius 3 is 2.48 bits per heavy atom. The molecule has 1 saturated heterocycles. The lowest BCUT2D eigenvalue weighted by Crippen LogP contribution is -2.48.